The Hall–Kier alpha value is -1.78. The molecule has 0 heterocycles. The molecule has 0 aliphatic carbocycles. The molecule has 2 heteroatoms. The topological polar surface area (TPSA) is 9.23 Å². The van der Waals surface area contributed by atoms with E-state index in [-0.39, 0.29) is 24.3 Å². The molecule has 0 bridgehead atoms. The third-order valence-corrected chi connectivity index (χ3v) is 4.22. The van der Waals surface area contributed by atoms with Crippen molar-refractivity contribution in [1.82, 2.24) is 0 Å². The van der Waals surface area contributed by atoms with Gasteiger partial charge in [0, 0.05) is 6.61 Å². The first-order chi connectivity index (χ1) is 12.0. The zero-order valence-corrected chi connectivity index (χ0v) is 16.0. The van der Waals surface area contributed by atoms with Crippen LogP contribution in [0.4, 0.5) is 0 Å². The van der Waals surface area contributed by atoms with Gasteiger partial charge < -0.3 is 11.7 Å². The van der Waals surface area contributed by atoms with Crippen LogP contribution in [0.1, 0.15) is 30.5 Å². The van der Waals surface area contributed by atoms with E-state index in [1.165, 1.54) is 0 Å². The second kappa shape index (κ2) is 8.74. The normalized spacial score (nSPS) is 11.7. The molecule has 0 N–H and O–H groups in total. The molecular formula is C24H25LiO. The van der Waals surface area contributed by atoms with Gasteiger partial charge in [0.05, 0.1) is 0 Å². The molecule has 26 heavy (non-hydrogen) atoms. The quantitative estimate of drug-likeness (QED) is 0.382. The molecule has 0 radical (unpaired) electrons. The van der Waals surface area contributed by atoms with E-state index in [0.29, 0.717) is 6.61 Å². The van der Waals surface area contributed by atoms with Crippen molar-refractivity contribution in [1.29, 1.82) is 0 Å². The first-order valence-electron chi connectivity index (χ1n) is 8.68. The second-order valence-corrected chi connectivity index (χ2v) is 7.23. The molecule has 0 aliphatic rings. The minimum absolute atomic E-state index is 0. The molecule has 0 spiro atoms. The first-order valence-corrected chi connectivity index (χ1v) is 8.68. The fraction of sp³-hybridized carbons (Fsp3) is 0.208. The molecule has 0 saturated heterocycles. The molecule has 0 fully saturated rings. The van der Waals surface area contributed by atoms with Crippen LogP contribution in [-0.4, -0.2) is 6.61 Å². The van der Waals surface area contributed by atoms with Crippen LogP contribution in [0.5, 0.6) is 0 Å². The van der Waals surface area contributed by atoms with Gasteiger partial charge in [0.25, 0.3) is 0 Å². The van der Waals surface area contributed by atoms with E-state index in [2.05, 4.69) is 93.6 Å². The molecule has 0 atom stereocenters. The fourth-order valence-electron chi connectivity index (χ4n) is 3.07. The fourth-order valence-corrected chi connectivity index (χ4v) is 3.07. The van der Waals surface area contributed by atoms with E-state index in [4.69, 9.17) is 4.74 Å². The van der Waals surface area contributed by atoms with E-state index in [0.717, 1.165) is 16.7 Å². The minimum atomic E-state index is -0.654. The summed E-state index contributed by atoms with van der Waals surface area (Å²) in [6.07, 6.45) is 0. The van der Waals surface area contributed by atoms with E-state index in [9.17, 15) is 0 Å². The van der Waals surface area contributed by atoms with Gasteiger partial charge in [-0.1, -0.05) is 105 Å². The van der Waals surface area contributed by atoms with Crippen LogP contribution in [0.15, 0.2) is 91.0 Å². The Morgan fingerprint density at radius 2 is 0.962 bits per heavy atom. The number of hydrogen-bond donors (Lipinski definition) is 0. The van der Waals surface area contributed by atoms with Gasteiger partial charge in [0.2, 0.25) is 0 Å². The van der Waals surface area contributed by atoms with Gasteiger partial charge in [-0.25, -0.2) is 0 Å². The number of rotatable bonds is 6. The summed E-state index contributed by atoms with van der Waals surface area (Å²) in [7, 11) is 0. The van der Waals surface area contributed by atoms with Crippen LogP contribution in [-0.2, 0) is 10.3 Å². The Bertz CT molecular complexity index is 680. The second-order valence-electron chi connectivity index (χ2n) is 7.23. The summed E-state index contributed by atoms with van der Waals surface area (Å²) in [6.45, 7) is 8.97. The maximum absolute atomic E-state index is 6.69. The summed E-state index contributed by atoms with van der Waals surface area (Å²) in [5.74, 6) is 0. The average molecular weight is 336 g/mol. The Kier molecular flexibility index (Phi) is 6.90. The Morgan fingerprint density at radius 3 is 1.23 bits per heavy atom. The van der Waals surface area contributed by atoms with Crippen LogP contribution >= 0.6 is 0 Å². The van der Waals surface area contributed by atoms with Gasteiger partial charge in [-0.15, -0.1) is 5.41 Å². The van der Waals surface area contributed by atoms with Crippen molar-refractivity contribution in [3.05, 3.63) is 115 Å². The van der Waals surface area contributed by atoms with Crippen molar-refractivity contribution >= 4 is 0 Å². The maximum Gasteiger partial charge on any atom is 1.00 e. The molecule has 3 aromatic carbocycles. The molecule has 0 aliphatic heterocycles. The predicted octanol–water partition coefficient (Wildman–Crippen LogP) is 2.86. The minimum Gasteiger partial charge on any atom is -0.363 e. The van der Waals surface area contributed by atoms with Crippen LogP contribution in [0.3, 0.4) is 0 Å². The van der Waals surface area contributed by atoms with Crippen molar-refractivity contribution in [2.75, 3.05) is 6.61 Å². The van der Waals surface area contributed by atoms with Crippen molar-refractivity contribution in [3.8, 4) is 0 Å². The molecule has 3 rings (SSSR count). The van der Waals surface area contributed by atoms with E-state index in [1.54, 1.807) is 0 Å². The SMILES string of the molecule is [CH2-]C(C)(C)COC(c1ccccc1)(c1ccccc1)c1ccccc1.[Li+]. The monoisotopic (exact) mass is 336 g/mol. The molecule has 3 aromatic rings. The molecule has 1 nitrogen and oxygen atoms in total. The van der Waals surface area contributed by atoms with Crippen LogP contribution in [0, 0.1) is 12.3 Å². The largest absolute Gasteiger partial charge is 1.00 e. The van der Waals surface area contributed by atoms with Gasteiger partial charge in [-0.3, -0.25) is 0 Å². The number of benzene rings is 3. The van der Waals surface area contributed by atoms with Crippen LogP contribution < -0.4 is 18.9 Å². The van der Waals surface area contributed by atoms with Crippen LogP contribution in [0.25, 0.3) is 0 Å². The van der Waals surface area contributed by atoms with Crippen molar-refractivity contribution in [2.45, 2.75) is 19.4 Å². The van der Waals surface area contributed by atoms with E-state index in [1.807, 2.05) is 18.2 Å². The maximum atomic E-state index is 6.69. The van der Waals surface area contributed by atoms with Gasteiger partial charge in [0.1, 0.15) is 5.60 Å². The van der Waals surface area contributed by atoms with Gasteiger partial charge in [-0.05, 0) is 16.7 Å². The molecular weight excluding hydrogens is 311 g/mol. The summed E-state index contributed by atoms with van der Waals surface area (Å²) in [6, 6.07) is 31.3. The van der Waals surface area contributed by atoms with Crippen LogP contribution in [0.2, 0.25) is 0 Å². The van der Waals surface area contributed by atoms with Crippen molar-refractivity contribution in [3.63, 3.8) is 0 Å². The zero-order chi connectivity index (χ0) is 17.8. The zero-order valence-electron chi connectivity index (χ0n) is 16.0. The average Bonchev–Trinajstić information content (AvgIpc) is 2.64. The molecule has 0 amide bonds. The Labute approximate surface area is 169 Å². The molecule has 0 unspecified atom stereocenters. The van der Waals surface area contributed by atoms with E-state index >= 15 is 0 Å². The summed E-state index contributed by atoms with van der Waals surface area (Å²) in [4.78, 5) is 0. The smallest absolute Gasteiger partial charge is 0.363 e. The Balaban J connectivity index is 0.00000243. The third kappa shape index (κ3) is 4.49. The molecule has 0 aromatic heterocycles. The van der Waals surface area contributed by atoms with Gasteiger partial charge in [0.15, 0.2) is 0 Å². The van der Waals surface area contributed by atoms with E-state index < -0.39 is 5.60 Å². The third-order valence-electron chi connectivity index (χ3n) is 4.22. The van der Waals surface area contributed by atoms with Gasteiger partial charge in [-0.2, -0.15) is 0 Å². The number of ether oxygens (including phenoxy) is 1. The van der Waals surface area contributed by atoms with Gasteiger partial charge >= 0.3 is 18.9 Å². The molecule has 128 valence electrons. The number of hydrogen-bond acceptors (Lipinski definition) is 1. The van der Waals surface area contributed by atoms with Crippen molar-refractivity contribution in [2.24, 2.45) is 5.41 Å². The molecule has 0 saturated carbocycles. The standard InChI is InChI=1S/C24H25O.Li/c1-23(2,3)19-25-24(20-13-7-4-8-14-20,21-15-9-5-10-16-21)22-17-11-6-12-18-22;/h4-18H,1,19H2,2-3H3;/q-1;+1. The summed E-state index contributed by atoms with van der Waals surface area (Å²) in [5.41, 5.74) is 2.53. The summed E-state index contributed by atoms with van der Waals surface area (Å²) < 4.78 is 6.69. The van der Waals surface area contributed by atoms with Crippen molar-refractivity contribution < 1.29 is 23.6 Å². The summed E-state index contributed by atoms with van der Waals surface area (Å²) in [5, 5.41) is 0. The predicted molar refractivity (Wildman–Crippen MR) is 104 cm³/mol. The first kappa shape index (κ1) is 20.5. The summed E-state index contributed by atoms with van der Waals surface area (Å²) >= 11 is 0. The Morgan fingerprint density at radius 1 is 0.654 bits per heavy atom.